The van der Waals surface area contributed by atoms with Crippen molar-refractivity contribution < 1.29 is 0 Å². The summed E-state index contributed by atoms with van der Waals surface area (Å²) in [6.07, 6.45) is 3.99. The van der Waals surface area contributed by atoms with Gasteiger partial charge in [0.1, 0.15) is 0 Å². The van der Waals surface area contributed by atoms with Gasteiger partial charge in [0.15, 0.2) is 0 Å². The fourth-order valence-electron chi connectivity index (χ4n) is 2.19. The fraction of sp³-hybridized carbons (Fsp3) is 0.818. The van der Waals surface area contributed by atoms with E-state index in [0.717, 1.165) is 0 Å². The van der Waals surface area contributed by atoms with E-state index in [4.69, 9.17) is 0 Å². The van der Waals surface area contributed by atoms with Crippen molar-refractivity contribution in [2.24, 2.45) is 10.8 Å². The van der Waals surface area contributed by atoms with Crippen LogP contribution in [0.1, 0.15) is 47.0 Å². The van der Waals surface area contributed by atoms with Crippen molar-refractivity contribution in [1.29, 1.82) is 0 Å². The van der Waals surface area contributed by atoms with E-state index in [2.05, 4.69) is 34.3 Å². The van der Waals surface area contributed by atoms with Gasteiger partial charge in [0.25, 0.3) is 0 Å². The Kier molecular flexibility index (Phi) is 1.90. The van der Waals surface area contributed by atoms with E-state index in [1.54, 1.807) is 0 Å². The summed E-state index contributed by atoms with van der Waals surface area (Å²) in [5.74, 6) is 0. The first kappa shape index (κ1) is 8.83. The molecule has 11 heavy (non-hydrogen) atoms. The molecule has 1 fully saturated rings. The smallest absolute Gasteiger partial charge is 0.0142 e. The molecule has 1 rings (SSSR count). The third-order valence-corrected chi connectivity index (χ3v) is 3.24. The summed E-state index contributed by atoms with van der Waals surface area (Å²) < 4.78 is 0. The third kappa shape index (κ3) is 1.50. The third-order valence-electron chi connectivity index (χ3n) is 3.24. The van der Waals surface area contributed by atoms with Gasteiger partial charge < -0.3 is 0 Å². The Morgan fingerprint density at radius 1 is 1.00 bits per heavy atom. The van der Waals surface area contributed by atoms with Crippen LogP contribution in [0.15, 0.2) is 12.2 Å². The lowest BCUT2D eigenvalue weighted by Crippen LogP contribution is -2.31. The van der Waals surface area contributed by atoms with E-state index in [1.807, 2.05) is 0 Å². The lowest BCUT2D eigenvalue weighted by molar-refractivity contribution is 0.217. The highest BCUT2D eigenvalue weighted by atomic mass is 14.4. The molecule has 0 saturated heterocycles. The van der Waals surface area contributed by atoms with Crippen LogP contribution in [0.5, 0.6) is 0 Å². The number of hydrogen-bond donors (Lipinski definition) is 0. The van der Waals surface area contributed by atoms with Crippen LogP contribution in [0.4, 0.5) is 0 Å². The average molecular weight is 152 g/mol. The molecule has 64 valence electrons. The first-order valence-corrected chi connectivity index (χ1v) is 4.56. The van der Waals surface area contributed by atoms with Crippen LogP contribution in [0.2, 0.25) is 0 Å². The number of allylic oxidation sites excluding steroid dienone is 1. The number of hydrogen-bond acceptors (Lipinski definition) is 0. The minimum atomic E-state index is 0.377. The van der Waals surface area contributed by atoms with Crippen molar-refractivity contribution in [3.63, 3.8) is 0 Å². The van der Waals surface area contributed by atoms with Crippen molar-refractivity contribution in [2.45, 2.75) is 47.0 Å². The summed E-state index contributed by atoms with van der Waals surface area (Å²) in [4.78, 5) is 0. The van der Waals surface area contributed by atoms with Gasteiger partial charge in [-0.1, -0.05) is 46.3 Å². The molecule has 0 aromatic heterocycles. The SMILES string of the molecule is C=C1C(C)(C)CCCC1(C)C. The summed E-state index contributed by atoms with van der Waals surface area (Å²) in [7, 11) is 0. The molecule has 0 N–H and O–H groups in total. The molecule has 0 nitrogen and oxygen atoms in total. The predicted octanol–water partition coefficient (Wildman–Crippen LogP) is 3.78. The van der Waals surface area contributed by atoms with Gasteiger partial charge in [-0.3, -0.25) is 0 Å². The van der Waals surface area contributed by atoms with E-state index in [0.29, 0.717) is 10.8 Å². The molecule has 0 aliphatic heterocycles. The maximum atomic E-state index is 4.22. The molecule has 1 aliphatic rings. The normalized spacial score (nSPS) is 28.5. The summed E-state index contributed by atoms with van der Waals surface area (Å²) in [5.41, 5.74) is 2.19. The Labute approximate surface area is 70.7 Å². The standard InChI is InChI=1S/C11H20/c1-9-10(2,3)7-6-8-11(9,4)5/h1,6-8H2,2-5H3. The second-order valence-corrected chi connectivity index (χ2v) is 5.10. The quantitative estimate of drug-likeness (QED) is 0.463. The summed E-state index contributed by atoms with van der Waals surface area (Å²) in [5, 5.41) is 0. The van der Waals surface area contributed by atoms with Crippen molar-refractivity contribution in [3.05, 3.63) is 12.2 Å². The zero-order chi connectivity index (χ0) is 8.70. The van der Waals surface area contributed by atoms with E-state index >= 15 is 0 Å². The monoisotopic (exact) mass is 152 g/mol. The lowest BCUT2D eigenvalue weighted by atomic mass is 9.62. The van der Waals surface area contributed by atoms with Gasteiger partial charge in [-0.2, -0.15) is 0 Å². The molecule has 0 aromatic rings. The van der Waals surface area contributed by atoms with Gasteiger partial charge in [-0.05, 0) is 23.7 Å². The van der Waals surface area contributed by atoms with Crippen molar-refractivity contribution in [2.75, 3.05) is 0 Å². The molecule has 0 heteroatoms. The molecule has 1 aliphatic carbocycles. The lowest BCUT2D eigenvalue weighted by Gasteiger charge is -2.43. The molecular weight excluding hydrogens is 132 g/mol. The van der Waals surface area contributed by atoms with Gasteiger partial charge in [0, 0.05) is 0 Å². The predicted molar refractivity (Wildman–Crippen MR) is 50.6 cm³/mol. The molecule has 0 atom stereocenters. The first-order valence-electron chi connectivity index (χ1n) is 4.56. The van der Waals surface area contributed by atoms with E-state index in [-0.39, 0.29) is 0 Å². The van der Waals surface area contributed by atoms with Crippen molar-refractivity contribution in [1.82, 2.24) is 0 Å². The minimum absolute atomic E-state index is 0.377. The molecule has 0 radical (unpaired) electrons. The van der Waals surface area contributed by atoms with Crippen LogP contribution < -0.4 is 0 Å². The minimum Gasteiger partial charge on any atom is -0.0988 e. The zero-order valence-electron chi connectivity index (χ0n) is 8.33. The number of rotatable bonds is 0. The second-order valence-electron chi connectivity index (χ2n) is 5.10. The highest BCUT2D eigenvalue weighted by Gasteiger charge is 2.36. The highest BCUT2D eigenvalue weighted by Crippen LogP contribution is 2.49. The molecule has 0 amide bonds. The van der Waals surface area contributed by atoms with Crippen molar-refractivity contribution >= 4 is 0 Å². The largest absolute Gasteiger partial charge is 0.0988 e. The molecule has 0 unspecified atom stereocenters. The highest BCUT2D eigenvalue weighted by molar-refractivity contribution is 5.18. The summed E-state index contributed by atoms with van der Waals surface area (Å²) in [6, 6.07) is 0. The van der Waals surface area contributed by atoms with Gasteiger partial charge in [-0.15, -0.1) is 0 Å². The Hall–Kier alpha value is -0.260. The zero-order valence-corrected chi connectivity index (χ0v) is 8.33. The van der Waals surface area contributed by atoms with Crippen LogP contribution in [0, 0.1) is 10.8 Å². The molecule has 1 saturated carbocycles. The Balaban J connectivity index is 2.85. The van der Waals surface area contributed by atoms with Crippen LogP contribution in [-0.4, -0.2) is 0 Å². The van der Waals surface area contributed by atoms with Gasteiger partial charge in [0.05, 0.1) is 0 Å². The molecule has 0 aromatic carbocycles. The maximum absolute atomic E-state index is 4.22. The van der Waals surface area contributed by atoms with E-state index in [1.165, 1.54) is 24.8 Å². The molecule has 0 heterocycles. The van der Waals surface area contributed by atoms with Gasteiger partial charge >= 0.3 is 0 Å². The van der Waals surface area contributed by atoms with Crippen LogP contribution in [0.3, 0.4) is 0 Å². The van der Waals surface area contributed by atoms with E-state index < -0.39 is 0 Å². The fourth-order valence-corrected chi connectivity index (χ4v) is 2.19. The molecule has 0 bridgehead atoms. The van der Waals surface area contributed by atoms with E-state index in [9.17, 15) is 0 Å². The first-order chi connectivity index (χ1) is 4.86. The summed E-state index contributed by atoms with van der Waals surface area (Å²) >= 11 is 0. The second kappa shape index (κ2) is 2.36. The Bertz CT molecular complexity index is 154. The average Bonchev–Trinajstić information content (AvgIpc) is 1.82. The Morgan fingerprint density at radius 2 is 1.36 bits per heavy atom. The van der Waals surface area contributed by atoms with Crippen LogP contribution in [-0.2, 0) is 0 Å². The topological polar surface area (TPSA) is 0 Å². The van der Waals surface area contributed by atoms with Gasteiger partial charge in [-0.25, -0.2) is 0 Å². The molecular formula is C11H20. The molecule has 0 spiro atoms. The Morgan fingerprint density at radius 3 is 1.64 bits per heavy atom. The van der Waals surface area contributed by atoms with Crippen LogP contribution in [0.25, 0.3) is 0 Å². The van der Waals surface area contributed by atoms with Gasteiger partial charge in [0.2, 0.25) is 0 Å². The van der Waals surface area contributed by atoms with Crippen LogP contribution >= 0.6 is 0 Å². The maximum Gasteiger partial charge on any atom is -0.0142 e. The van der Waals surface area contributed by atoms with Crippen molar-refractivity contribution in [3.8, 4) is 0 Å². The summed E-state index contributed by atoms with van der Waals surface area (Å²) in [6.45, 7) is 13.5.